The van der Waals surface area contributed by atoms with Crippen molar-refractivity contribution >= 4 is 37.6 Å². The molecule has 36 heavy (non-hydrogen) atoms. The molecule has 0 spiro atoms. The molecule has 0 atom stereocenters. The number of rotatable bonds is 8. The predicted octanol–water partition coefficient (Wildman–Crippen LogP) is 2.00. The largest absolute Gasteiger partial charge is 0.379 e. The van der Waals surface area contributed by atoms with E-state index in [1.807, 2.05) is 0 Å². The molecular weight excluding hydrogens is 506 g/mol. The molecule has 3 aromatic rings. The molecule has 0 unspecified atom stereocenters. The van der Waals surface area contributed by atoms with Gasteiger partial charge < -0.3 is 10.1 Å². The Kier molecular flexibility index (Phi) is 7.64. The normalized spacial score (nSPS) is 14.8. The standard InChI is InChI=1S/C23H25N5O6S2/c1-17-10-11-24-23(25-17)27-36(32,33)21-8-6-20(7-9-21)26-22(29)19-4-2-18(3-5-19)16-35(30,31)28-12-14-34-15-13-28/h2-11H,12-16H2,1H3,(H,26,29)(H,24,25,27). The van der Waals surface area contributed by atoms with Gasteiger partial charge in [0.25, 0.3) is 15.9 Å². The third-order valence-corrected chi connectivity index (χ3v) is 8.57. The van der Waals surface area contributed by atoms with Crippen molar-refractivity contribution in [3.8, 4) is 0 Å². The summed E-state index contributed by atoms with van der Waals surface area (Å²) in [6.07, 6.45) is 1.45. The van der Waals surface area contributed by atoms with Crippen LogP contribution >= 0.6 is 0 Å². The Bertz CT molecular complexity index is 1440. The van der Waals surface area contributed by atoms with Gasteiger partial charge in [-0.2, -0.15) is 4.31 Å². The lowest BCUT2D eigenvalue weighted by atomic mass is 10.1. The lowest BCUT2D eigenvalue weighted by Gasteiger charge is -2.26. The highest BCUT2D eigenvalue weighted by Gasteiger charge is 2.24. The summed E-state index contributed by atoms with van der Waals surface area (Å²) >= 11 is 0. The number of carbonyl (C=O) groups is 1. The number of nitrogens with one attached hydrogen (secondary N) is 2. The van der Waals surface area contributed by atoms with Crippen molar-refractivity contribution in [3.05, 3.63) is 77.6 Å². The monoisotopic (exact) mass is 531 g/mol. The fourth-order valence-corrected chi connectivity index (χ4v) is 5.93. The van der Waals surface area contributed by atoms with E-state index < -0.39 is 26.0 Å². The predicted molar refractivity (Wildman–Crippen MR) is 133 cm³/mol. The van der Waals surface area contributed by atoms with Gasteiger partial charge >= 0.3 is 0 Å². The second kappa shape index (κ2) is 10.7. The zero-order valence-electron chi connectivity index (χ0n) is 19.4. The smallest absolute Gasteiger partial charge is 0.264 e. The summed E-state index contributed by atoms with van der Waals surface area (Å²) in [5, 5.41) is 2.69. The van der Waals surface area contributed by atoms with Crippen molar-refractivity contribution in [1.82, 2.24) is 14.3 Å². The lowest BCUT2D eigenvalue weighted by Crippen LogP contribution is -2.41. The highest BCUT2D eigenvalue weighted by atomic mass is 32.2. The minimum Gasteiger partial charge on any atom is -0.379 e. The van der Waals surface area contributed by atoms with Crippen LogP contribution in [-0.4, -0.2) is 63.3 Å². The van der Waals surface area contributed by atoms with Crippen LogP contribution in [0, 0.1) is 6.92 Å². The fourth-order valence-electron chi connectivity index (χ4n) is 3.48. The van der Waals surface area contributed by atoms with Gasteiger partial charge in [0.1, 0.15) is 0 Å². The fraction of sp³-hybridized carbons (Fsp3) is 0.261. The number of amides is 1. The van der Waals surface area contributed by atoms with E-state index in [2.05, 4.69) is 20.0 Å². The second-order valence-electron chi connectivity index (χ2n) is 8.07. The van der Waals surface area contributed by atoms with Gasteiger partial charge in [0.15, 0.2) is 0 Å². The Labute approximate surface area is 209 Å². The minimum absolute atomic E-state index is 0.0172. The van der Waals surface area contributed by atoms with Crippen LogP contribution < -0.4 is 10.0 Å². The lowest BCUT2D eigenvalue weighted by molar-refractivity contribution is 0.0729. The Morgan fingerprint density at radius 3 is 2.28 bits per heavy atom. The molecule has 1 aliphatic heterocycles. The van der Waals surface area contributed by atoms with E-state index in [0.717, 1.165) is 0 Å². The van der Waals surface area contributed by atoms with Crippen molar-refractivity contribution in [1.29, 1.82) is 0 Å². The van der Waals surface area contributed by atoms with Gasteiger partial charge in [0, 0.05) is 36.2 Å². The average Bonchev–Trinajstić information content (AvgIpc) is 2.85. The number of hydrogen-bond donors (Lipinski definition) is 2. The van der Waals surface area contributed by atoms with Crippen LogP contribution in [0.25, 0.3) is 0 Å². The van der Waals surface area contributed by atoms with Gasteiger partial charge in [-0.1, -0.05) is 12.1 Å². The molecule has 4 rings (SSSR count). The number of aromatic nitrogens is 2. The first kappa shape index (κ1) is 25.7. The van der Waals surface area contributed by atoms with Crippen LogP contribution in [0.3, 0.4) is 0 Å². The maximum Gasteiger partial charge on any atom is 0.264 e. The van der Waals surface area contributed by atoms with E-state index in [1.54, 1.807) is 37.3 Å². The first-order valence-electron chi connectivity index (χ1n) is 11.0. The summed E-state index contributed by atoms with van der Waals surface area (Å²) in [6, 6.07) is 13.6. The zero-order valence-corrected chi connectivity index (χ0v) is 21.0. The van der Waals surface area contributed by atoms with Crippen LogP contribution in [0.5, 0.6) is 0 Å². The topological polar surface area (TPSA) is 148 Å². The number of ether oxygens (including phenoxy) is 1. The molecule has 1 fully saturated rings. The number of aryl methyl sites for hydroxylation is 1. The molecule has 1 amide bonds. The number of hydrogen-bond acceptors (Lipinski definition) is 8. The van der Waals surface area contributed by atoms with E-state index in [4.69, 9.17) is 4.74 Å². The summed E-state index contributed by atoms with van der Waals surface area (Å²) in [4.78, 5) is 20.5. The highest BCUT2D eigenvalue weighted by molar-refractivity contribution is 7.92. The number of anilines is 2. The van der Waals surface area contributed by atoms with Crippen LogP contribution in [0.15, 0.2) is 65.7 Å². The van der Waals surface area contributed by atoms with E-state index in [-0.39, 0.29) is 16.6 Å². The number of nitrogens with zero attached hydrogens (tertiary/aromatic N) is 3. The summed E-state index contributed by atoms with van der Waals surface area (Å²) < 4.78 is 59.2. The molecule has 190 valence electrons. The Balaban J connectivity index is 1.37. The van der Waals surface area contributed by atoms with E-state index >= 15 is 0 Å². The molecular formula is C23H25N5O6S2. The Morgan fingerprint density at radius 1 is 0.972 bits per heavy atom. The third kappa shape index (κ3) is 6.43. The summed E-state index contributed by atoms with van der Waals surface area (Å²) in [7, 11) is -7.37. The van der Waals surface area contributed by atoms with Crippen molar-refractivity contribution in [2.45, 2.75) is 17.6 Å². The number of benzene rings is 2. The minimum atomic E-state index is -3.90. The van der Waals surface area contributed by atoms with Crippen molar-refractivity contribution < 1.29 is 26.4 Å². The van der Waals surface area contributed by atoms with E-state index in [9.17, 15) is 21.6 Å². The Hall–Kier alpha value is -3.39. The van der Waals surface area contributed by atoms with Gasteiger partial charge in [0.05, 0.1) is 23.9 Å². The highest BCUT2D eigenvalue weighted by Crippen LogP contribution is 2.18. The quantitative estimate of drug-likeness (QED) is 0.449. The molecule has 1 aliphatic rings. The number of carbonyl (C=O) groups excluding carboxylic acids is 1. The summed E-state index contributed by atoms with van der Waals surface area (Å²) in [5.41, 5.74) is 1.91. The average molecular weight is 532 g/mol. The molecule has 11 nitrogen and oxygen atoms in total. The molecule has 13 heteroatoms. The summed E-state index contributed by atoms with van der Waals surface area (Å²) in [5.74, 6) is -0.611. The maximum absolute atomic E-state index is 12.6. The van der Waals surface area contributed by atoms with Gasteiger partial charge in [-0.15, -0.1) is 0 Å². The van der Waals surface area contributed by atoms with Gasteiger partial charge in [-0.25, -0.2) is 31.5 Å². The third-order valence-electron chi connectivity index (χ3n) is 5.37. The van der Waals surface area contributed by atoms with E-state index in [0.29, 0.717) is 48.8 Å². The van der Waals surface area contributed by atoms with Crippen LogP contribution in [0.2, 0.25) is 0 Å². The molecule has 1 aromatic heterocycles. The second-order valence-corrected chi connectivity index (χ2v) is 11.7. The molecule has 2 aromatic carbocycles. The first-order chi connectivity index (χ1) is 17.1. The molecule has 0 saturated carbocycles. The van der Waals surface area contributed by atoms with Gasteiger partial charge in [0.2, 0.25) is 16.0 Å². The molecule has 0 radical (unpaired) electrons. The first-order valence-corrected chi connectivity index (χ1v) is 14.1. The van der Waals surface area contributed by atoms with Crippen LogP contribution in [-0.2, 0) is 30.5 Å². The van der Waals surface area contributed by atoms with Crippen LogP contribution in [0.4, 0.5) is 11.6 Å². The molecule has 2 heterocycles. The molecule has 1 saturated heterocycles. The van der Waals surface area contributed by atoms with Crippen molar-refractivity contribution in [2.75, 3.05) is 36.3 Å². The SMILES string of the molecule is Cc1ccnc(NS(=O)(=O)c2ccc(NC(=O)c3ccc(CS(=O)(=O)N4CCOCC4)cc3)cc2)n1. The molecule has 0 aliphatic carbocycles. The van der Waals surface area contributed by atoms with Gasteiger partial charge in [-0.3, -0.25) is 4.79 Å². The molecule has 2 N–H and O–H groups in total. The summed E-state index contributed by atoms with van der Waals surface area (Å²) in [6.45, 7) is 3.14. The van der Waals surface area contributed by atoms with Crippen molar-refractivity contribution in [2.24, 2.45) is 0 Å². The van der Waals surface area contributed by atoms with E-state index in [1.165, 1.54) is 34.8 Å². The van der Waals surface area contributed by atoms with Gasteiger partial charge in [-0.05, 0) is 55.0 Å². The van der Waals surface area contributed by atoms with Crippen LogP contribution in [0.1, 0.15) is 21.6 Å². The number of morpholine rings is 1. The zero-order chi connectivity index (χ0) is 25.8. The maximum atomic E-state index is 12.6. The number of sulfonamides is 2. The van der Waals surface area contributed by atoms with Crippen molar-refractivity contribution in [3.63, 3.8) is 0 Å². The Morgan fingerprint density at radius 2 is 1.64 bits per heavy atom. The molecule has 0 bridgehead atoms.